The highest BCUT2D eigenvalue weighted by Gasteiger charge is 2.60. The number of ether oxygens (including phenoxy) is 3. The molecule has 0 radical (unpaired) electrons. The molecule has 0 aromatic heterocycles. The summed E-state index contributed by atoms with van der Waals surface area (Å²) >= 11 is 0. The molecule has 3 fully saturated rings. The summed E-state index contributed by atoms with van der Waals surface area (Å²) in [5.74, 6) is -0.0714. The minimum absolute atomic E-state index is 0.0324. The summed E-state index contributed by atoms with van der Waals surface area (Å²) in [4.78, 5) is 25.3. The number of ketones is 1. The first kappa shape index (κ1) is 20.6. The average Bonchev–Trinajstić information content (AvgIpc) is 3.28. The topological polar surface area (TPSA) is 61.8 Å². The largest absolute Gasteiger partial charge is 0.458 e. The van der Waals surface area contributed by atoms with E-state index in [1.165, 1.54) is 0 Å². The van der Waals surface area contributed by atoms with Crippen LogP contribution in [0.2, 0.25) is 0 Å². The maximum Gasteiger partial charge on any atom is 0.338 e. The van der Waals surface area contributed by atoms with Crippen molar-refractivity contribution >= 4 is 11.8 Å². The Kier molecular flexibility index (Phi) is 5.33. The van der Waals surface area contributed by atoms with Gasteiger partial charge in [-0.1, -0.05) is 54.6 Å². The number of hydrogen-bond donors (Lipinski definition) is 0. The van der Waals surface area contributed by atoms with E-state index >= 15 is 0 Å². The molecule has 5 heteroatoms. The third kappa shape index (κ3) is 4.07. The van der Waals surface area contributed by atoms with Gasteiger partial charge in [0.2, 0.25) is 0 Å². The van der Waals surface area contributed by atoms with Crippen molar-refractivity contribution in [1.82, 2.24) is 0 Å². The second-order valence-electron chi connectivity index (χ2n) is 8.93. The van der Waals surface area contributed by atoms with Crippen LogP contribution in [-0.4, -0.2) is 23.6 Å². The molecule has 0 bridgehead atoms. The molecule has 3 aliphatic rings. The fraction of sp³-hybridized carbons (Fsp3) is 0.333. The Balaban J connectivity index is 1.31. The highest BCUT2D eigenvalue weighted by Crippen LogP contribution is 2.58. The Morgan fingerprint density at radius 2 is 1.72 bits per heavy atom. The van der Waals surface area contributed by atoms with Gasteiger partial charge in [0, 0.05) is 25.2 Å². The van der Waals surface area contributed by atoms with Crippen molar-refractivity contribution in [2.45, 2.75) is 37.6 Å². The Morgan fingerprint density at radius 1 is 1.03 bits per heavy atom. The van der Waals surface area contributed by atoms with Crippen LogP contribution in [0, 0.1) is 17.8 Å². The van der Waals surface area contributed by atoms with E-state index in [0.717, 1.165) is 18.4 Å². The SMILES string of the molecule is C=C1OC2(C[C@H]3C[C@@H](OC(=O)c4ccccc4)[C@H](/C=C/C(=O)Cc4ccccc4)[C@H]3C2)O1. The molecule has 5 rings (SSSR count). The first-order valence-corrected chi connectivity index (χ1v) is 11.1. The summed E-state index contributed by atoms with van der Waals surface area (Å²) in [6.45, 7) is 3.71. The number of fused-ring (bicyclic) bond motifs is 1. The number of rotatable bonds is 6. The maximum atomic E-state index is 12.7. The lowest BCUT2D eigenvalue weighted by atomic mass is 9.90. The number of esters is 1. The molecule has 1 aliphatic heterocycles. The molecular weight excluding hydrogens is 404 g/mol. The van der Waals surface area contributed by atoms with Crippen LogP contribution in [0.3, 0.4) is 0 Å². The van der Waals surface area contributed by atoms with E-state index in [0.29, 0.717) is 30.3 Å². The van der Waals surface area contributed by atoms with E-state index in [2.05, 4.69) is 6.58 Å². The summed E-state index contributed by atoms with van der Waals surface area (Å²) in [5.41, 5.74) is 1.51. The van der Waals surface area contributed by atoms with Gasteiger partial charge < -0.3 is 14.2 Å². The number of carbonyl (C=O) groups is 2. The van der Waals surface area contributed by atoms with E-state index in [1.807, 2.05) is 54.6 Å². The third-order valence-electron chi connectivity index (χ3n) is 6.78. The lowest BCUT2D eigenvalue weighted by Gasteiger charge is -2.41. The van der Waals surface area contributed by atoms with Crippen molar-refractivity contribution in [3.05, 3.63) is 96.5 Å². The maximum absolute atomic E-state index is 12.7. The van der Waals surface area contributed by atoms with Gasteiger partial charge in [0.25, 0.3) is 11.7 Å². The molecule has 164 valence electrons. The Morgan fingerprint density at radius 3 is 2.41 bits per heavy atom. The van der Waals surface area contributed by atoms with Gasteiger partial charge in [-0.15, -0.1) is 0 Å². The molecule has 1 saturated heterocycles. The summed E-state index contributed by atoms with van der Waals surface area (Å²) in [6, 6.07) is 18.7. The zero-order valence-electron chi connectivity index (χ0n) is 17.8. The molecule has 1 spiro atoms. The van der Waals surface area contributed by atoms with Gasteiger partial charge in [0.1, 0.15) is 6.10 Å². The first-order valence-electron chi connectivity index (χ1n) is 11.1. The van der Waals surface area contributed by atoms with Crippen molar-refractivity contribution in [3.63, 3.8) is 0 Å². The minimum atomic E-state index is -0.596. The molecule has 0 N–H and O–H groups in total. The highest BCUT2D eigenvalue weighted by atomic mass is 16.9. The normalized spacial score (nSPS) is 27.4. The molecule has 2 aromatic carbocycles. The van der Waals surface area contributed by atoms with Crippen LogP contribution < -0.4 is 0 Å². The molecule has 4 atom stereocenters. The van der Waals surface area contributed by atoms with Gasteiger partial charge >= 0.3 is 5.97 Å². The van der Waals surface area contributed by atoms with Crippen LogP contribution >= 0.6 is 0 Å². The van der Waals surface area contributed by atoms with E-state index in [4.69, 9.17) is 14.2 Å². The fourth-order valence-corrected chi connectivity index (χ4v) is 5.44. The van der Waals surface area contributed by atoms with Gasteiger partial charge in [-0.2, -0.15) is 0 Å². The lowest BCUT2D eigenvalue weighted by Crippen LogP contribution is -2.43. The zero-order valence-corrected chi connectivity index (χ0v) is 17.8. The predicted molar refractivity (Wildman–Crippen MR) is 118 cm³/mol. The number of carbonyl (C=O) groups excluding carboxylic acids is 2. The smallest absolute Gasteiger partial charge is 0.338 e. The second kappa shape index (κ2) is 8.30. The van der Waals surface area contributed by atoms with E-state index in [-0.39, 0.29) is 29.7 Å². The van der Waals surface area contributed by atoms with Crippen LogP contribution in [0.5, 0.6) is 0 Å². The number of hydrogen-bond acceptors (Lipinski definition) is 5. The Bertz CT molecular complexity index is 1030. The first-order chi connectivity index (χ1) is 15.5. The number of benzene rings is 2. The van der Waals surface area contributed by atoms with Crippen LogP contribution in [-0.2, 0) is 25.4 Å². The fourth-order valence-electron chi connectivity index (χ4n) is 5.44. The number of allylic oxidation sites excluding steroid dienone is 1. The van der Waals surface area contributed by atoms with E-state index in [9.17, 15) is 9.59 Å². The molecule has 2 saturated carbocycles. The highest BCUT2D eigenvalue weighted by molar-refractivity contribution is 5.91. The monoisotopic (exact) mass is 430 g/mol. The second-order valence-corrected chi connectivity index (χ2v) is 8.93. The van der Waals surface area contributed by atoms with Gasteiger partial charge in [-0.25, -0.2) is 4.79 Å². The average molecular weight is 431 g/mol. The van der Waals surface area contributed by atoms with Gasteiger partial charge in [-0.3, -0.25) is 4.79 Å². The van der Waals surface area contributed by atoms with Gasteiger partial charge in [0.05, 0.1) is 5.56 Å². The van der Waals surface area contributed by atoms with Crippen LogP contribution in [0.25, 0.3) is 0 Å². The van der Waals surface area contributed by atoms with Gasteiger partial charge in [-0.05, 0) is 48.6 Å². The van der Waals surface area contributed by atoms with Crippen LogP contribution in [0.4, 0.5) is 0 Å². The third-order valence-corrected chi connectivity index (χ3v) is 6.78. The Labute approximate surface area is 187 Å². The molecule has 2 aliphatic carbocycles. The van der Waals surface area contributed by atoms with Crippen molar-refractivity contribution in [3.8, 4) is 0 Å². The summed E-state index contributed by atoms with van der Waals surface area (Å²) in [7, 11) is 0. The molecule has 0 amide bonds. The molecule has 2 aromatic rings. The lowest BCUT2D eigenvalue weighted by molar-refractivity contribution is -0.332. The van der Waals surface area contributed by atoms with E-state index in [1.54, 1.807) is 18.2 Å². The molecule has 5 nitrogen and oxygen atoms in total. The quantitative estimate of drug-likeness (QED) is 0.485. The molecule has 32 heavy (non-hydrogen) atoms. The summed E-state index contributed by atoms with van der Waals surface area (Å²) in [6.07, 6.45) is 5.84. The zero-order chi connectivity index (χ0) is 22.1. The van der Waals surface area contributed by atoms with Crippen LogP contribution in [0.1, 0.15) is 35.2 Å². The Hall–Kier alpha value is -3.34. The summed E-state index contributed by atoms with van der Waals surface area (Å²) in [5, 5.41) is 0. The van der Waals surface area contributed by atoms with Crippen molar-refractivity contribution < 1.29 is 23.8 Å². The van der Waals surface area contributed by atoms with Crippen molar-refractivity contribution in [2.75, 3.05) is 0 Å². The molecule has 1 heterocycles. The van der Waals surface area contributed by atoms with Crippen molar-refractivity contribution in [2.24, 2.45) is 17.8 Å². The minimum Gasteiger partial charge on any atom is -0.458 e. The standard InChI is InChI=1S/C27H26O5/c1-18-31-27(32-18)16-21-15-25(30-26(29)20-10-6-3-7-11-20)23(24(21)17-27)13-12-22(28)14-19-8-4-2-5-9-19/h2-13,21,23-25H,1,14-17H2/b13-12+/t21-,23-,24+,25-/m1/s1. The van der Waals surface area contributed by atoms with E-state index < -0.39 is 5.79 Å². The van der Waals surface area contributed by atoms with Gasteiger partial charge in [0.15, 0.2) is 5.78 Å². The molecular formula is C27H26O5. The molecule has 0 unspecified atom stereocenters. The summed E-state index contributed by atoms with van der Waals surface area (Å²) < 4.78 is 17.4. The predicted octanol–water partition coefficient (Wildman–Crippen LogP) is 4.84. The van der Waals surface area contributed by atoms with Crippen LogP contribution in [0.15, 0.2) is 85.3 Å². The van der Waals surface area contributed by atoms with Crippen molar-refractivity contribution in [1.29, 1.82) is 0 Å².